The van der Waals surface area contributed by atoms with Gasteiger partial charge in [-0.25, -0.2) is 0 Å². The second-order valence-electron chi connectivity index (χ2n) is 6.42. The minimum Gasteiger partial charge on any atom is -0.431 e. The van der Waals surface area contributed by atoms with Gasteiger partial charge in [0, 0.05) is 12.8 Å². The smallest absolute Gasteiger partial charge is 0.307 e. The molecule has 0 amide bonds. The number of epoxide rings is 1. The monoisotopic (exact) mass is 260 g/mol. The van der Waals surface area contributed by atoms with Gasteiger partial charge in [0.2, 0.25) is 0 Å². The molecular formula is C16H20O3. The van der Waals surface area contributed by atoms with Gasteiger partial charge in [0.05, 0.1) is 12.2 Å². The molecule has 1 heterocycles. The van der Waals surface area contributed by atoms with Gasteiger partial charge in [0.1, 0.15) is 5.76 Å². The van der Waals surface area contributed by atoms with E-state index in [0.717, 1.165) is 18.6 Å². The molecule has 102 valence electrons. The average molecular weight is 260 g/mol. The summed E-state index contributed by atoms with van der Waals surface area (Å²) in [4.78, 5) is 11.4. The summed E-state index contributed by atoms with van der Waals surface area (Å²) >= 11 is 0. The van der Waals surface area contributed by atoms with Gasteiger partial charge in [-0.1, -0.05) is 19.1 Å². The first-order valence-electron chi connectivity index (χ1n) is 7.41. The van der Waals surface area contributed by atoms with Gasteiger partial charge in [0.25, 0.3) is 0 Å². The van der Waals surface area contributed by atoms with Gasteiger partial charge in [-0.3, -0.25) is 4.79 Å². The summed E-state index contributed by atoms with van der Waals surface area (Å²) in [6.45, 7) is 3.76. The Balaban J connectivity index is 1.75. The molecule has 4 aliphatic rings. The van der Waals surface area contributed by atoms with Gasteiger partial charge in [-0.2, -0.15) is 0 Å². The van der Waals surface area contributed by atoms with Crippen LogP contribution in [0.25, 0.3) is 0 Å². The molecule has 1 saturated heterocycles. The lowest BCUT2D eigenvalue weighted by atomic mass is 9.69. The molecule has 1 saturated carbocycles. The van der Waals surface area contributed by atoms with Crippen molar-refractivity contribution in [1.82, 2.24) is 0 Å². The second-order valence-corrected chi connectivity index (χ2v) is 6.42. The van der Waals surface area contributed by atoms with Gasteiger partial charge in [-0.05, 0) is 42.6 Å². The van der Waals surface area contributed by atoms with Crippen LogP contribution in [-0.2, 0) is 14.3 Å². The van der Waals surface area contributed by atoms with E-state index < -0.39 is 0 Å². The van der Waals surface area contributed by atoms with Crippen LogP contribution in [-0.4, -0.2) is 18.2 Å². The molecule has 3 nitrogen and oxygen atoms in total. The Morgan fingerprint density at radius 2 is 2.32 bits per heavy atom. The Labute approximate surface area is 113 Å². The van der Waals surface area contributed by atoms with E-state index in [9.17, 15) is 4.79 Å². The van der Waals surface area contributed by atoms with Crippen molar-refractivity contribution >= 4 is 5.97 Å². The minimum absolute atomic E-state index is 0.188. The third kappa shape index (κ3) is 1.64. The zero-order chi connectivity index (χ0) is 13.1. The van der Waals surface area contributed by atoms with E-state index in [-0.39, 0.29) is 5.97 Å². The average Bonchev–Trinajstić information content (AvgIpc) is 3.10. The molecule has 0 bridgehead atoms. The van der Waals surface area contributed by atoms with Crippen molar-refractivity contribution in [2.24, 2.45) is 23.7 Å². The largest absolute Gasteiger partial charge is 0.431 e. The molecule has 6 atom stereocenters. The van der Waals surface area contributed by atoms with Crippen LogP contribution in [0.5, 0.6) is 0 Å². The number of hydrogen-bond acceptors (Lipinski definition) is 3. The van der Waals surface area contributed by atoms with Gasteiger partial charge >= 0.3 is 5.97 Å². The number of allylic oxidation sites excluding steroid dienone is 4. The number of hydrogen-bond donors (Lipinski definition) is 0. The first-order chi connectivity index (χ1) is 9.16. The molecule has 3 heteroatoms. The van der Waals surface area contributed by atoms with Crippen molar-refractivity contribution in [3.63, 3.8) is 0 Å². The number of fused-ring (bicyclic) bond motifs is 4. The Morgan fingerprint density at radius 3 is 3.11 bits per heavy atom. The van der Waals surface area contributed by atoms with Crippen LogP contribution in [0.1, 0.15) is 33.1 Å². The third-order valence-corrected chi connectivity index (χ3v) is 5.37. The van der Waals surface area contributed by atoms with Crippen LogP contribution >= 0.6 is 0 Å². The molecule has 1 aliphatic heterocycles. The summed E-state index contributed by atoms with van der Waals surface area (Å²) in [5.41, 5.74) is 1.30. The van der Waals surface area contributed by atoms with Crippen LogP contribution in [0.2, 0.25) is 0 Å². The molecular weight excluding hydrogens is 240 g/mol. The molecule has 3 aliphatic carbocycles. The lowest BCUT2D eigenvalue weighted by Crippen LogP contribution is -2.34. The van der Waals surface area contributed by atoms with E-state index in [2.05, 4.69) is 19.1 Å². The SMILES string of the molecule is CC(=O)OC1=C2C=CCCC2C2CC3OC3C(C)C12. The summed E-state index contributed by atoms with van der Waals surface area (Å²) in [5.74, 6) is 2.83. The molecule has 0 aromatic carbocycles. The molecule has 2 fully saturated rings. The highest BCUT2D eigenvalue weighted by Gasteiger charge is 2.59. The van der Waals surface area contributed by atoms with E-state index in [4.69, 9.17) is 9.47 Å². The van der Waals surface area contributed by atoms with Crippen molar-refractivity contribution < 1.29 is 14.3 Å². The number of carbonyl (C=O) groups excluding carboxylic acids is 1. The van der Waals surface area contributed by atoms with E-state index >= 15 is 0 Å². The summed E-state index contributed by atoms with van der Waals surface area (Å²) in [6.07, 6.45) is 8.78. The highest BCUT2D eigenvalue weighted by atomic mass is 16.6. The predicted octanol–water partition coefficient (Wildman–Crippen LogP) is 2.82. The van der Waals surface area contributed by atoms with E-state index in [1.807, 2.05) is 0 Å². The van der Waals surface area contributed by atoms with Crippen LogP contribution in [0.15, 0.2) is 23.5 Å². The van der Waals surface area contributed by atoms with Gasteiger partial charge < -0.3 is 9.47 Å². The molecule has 6 unspecified atom stereocenters. The first-order valence-corrected chi connectivity index (χ1v) is 7.41. The quantitative estimate of drug-likeness (QED) is 0.537. The van der Waals surface area contributed by atoms with Crippen molar-refractivity contribution in [3.8, 4) is 0 Å². The van der Waals surface area contributed by atoms with E-state index in [0.29, 0.717) is 35.9 Å². The van der Waals surface area contributed by atoms with Crippen molar-refractivity contribution in [2.45, 2.75) is 45.3 Å². The lowest BCUT2D eigenvalue weighted by Gasteiger charge is -2.33. The molecule has 0 N–H and O–H groups in total. The normalized spacial score (nSPS) is 46.4. The summed E-state index contributed by atoms with van der Waals surface area (Å²) in [6, 6.07) is 0. The topological polar surface area (TPSA) is 38.8 Å². The fourth-order valence-electron chi connectivity index (χ4n) is 4.61. The number of carbonyl (C=O) groups is 1. The highest BCUT2D eigenvalue weighted by molar-refractivity contribution is 5.68. The van der Waals surface area contributed by atoms with E-state index in [1.54, 1.807) is 0 Å². The highest BCUT2D eigenvalue weighted by Crippen LogP contribution is 2.59. The zero-order valence-electron chi connectivity index (χ0n) is 11.5. The van der Waals surface area contributed by atoms with Crippen molar-refractivity contribution in [1.29, 1.82) is 0 Å². The Bertz CT molecular complexity index is 490. The maximum absolute atomic E-state index is 11.4. The molecule has 0 radical (unpaired) electrons. The van der Waals surface area contributed by atoms with Crippen LogP contribution in [0.4, 0.5) is 0 Å². The minimum atomic E-state index is -0.188. The van der Waals surface area contributed by atoms with Gasteiger partial charge in [-0.15, -0.1) is 0 Å². The zero-order valence-corrected chi connectivity index (χ0v) is 11.5. The molecule has 0 aromatic rings. The maximum atomic E-state index is 11.4. The Hall–Kier alpha value is -1.09. The maximum Gasteiger partial charge on any atom is 0.307 e. The summed E-state index contributed by atoms with van der Waals surface area (Å²) < 4.78 is 11.4. The Kier molecular flexibility index (Phi) is 2.44. The number of rotatable bonds is 1. The fourth-order valence-corrected chi connectivity index (χ4v) is 4.61. The molecule has 0 spiro atoms. The van der Waals surface area contributed by atoms with Crippen LogP contribution in [0.3, 0.4) is 0 Å². The van der Waals surface area contributed by atoms with E-state index in [1.165, 1.54) is 18.9 Å². The lowest BCUT2D eigenvalue weighted by molar-refractivity contribution is -0.138. The molecule has 4 rings (SSSR count). The predicted molar refractivity (Wildman–Crippen MR) is 70.1 cm³/mol. The third-order valence-electron chi connectivity index (χ3n) is 5.37. The van der Waals surface area contributed by atoms with Crippen molar-refractivity contribution in [2.75, 3.05) is 0 Å². The Morgan fingerprint density at radius 1 is 1.47 bits per heavy atom. The summed E-state index contributed by atoms with van der Waals surface area (Å²) in [7, 11) is 0. The van der Waals surface area contributed by atoms with Crippen LogP contribution < -0.4 is 0 Å². The van der Waals surface area contributed by atoms with Gasteiger partial charge in [0.15, 0.2) is 0 Å². The van der Waals surface area contributed by atoms with Crippen molar-refractivity contribution in [3.05, 3.63) is 23.5 Å². The summed E-state index contributed by atoms with van der Waals surface area (Å²) in [5, 5.41) is 0. The standard InChI is InChI=1S/C16H20O3/c1-8-14-12(7-13-15(8)19-13)10-5-3-4-6-11(10)16(14)18-9(2)17/h4,6,8,10,12-15H,3,5,7H2,1-2H3. The fraction of sp³-hybridized carbons (Fsp3) is 0.688. The van der Waals surface area contributed by atoms with Crippen LogP contribution in [0, 0.1) is 23.7 Å². The molecule has 0 aromatic heterocycles. The number of ether oxygens (including phenoxy) is 2. The molecule has 19 heavy (non-hydrogen) atoms. The first kappa shape index (κ1) is 11.7. The second kappa shape index (κ2) is 3.95. The number of esters is 1.